The van der Waals surface area contributed by atoms with Gasteiger partial charge in [0.05, 0.1) is 31.1 Å². The van der Waals surface area contributed by atoms with Crippen molar-refractivity contribution < 1.29 is 23.9 Å². The van der Waals surface area contributed by atoms with Crippen molar-refractivity contribution in [3.63, 3.8) is 0 Å². The van der Waals surface area contributed by atoms with Crippen molar-refractivity contribution in [2.75, 3.05) is 25.3 Å². The second kappa shape index (κ2) is 10.1. The van der Waals surface area contributed by atoms with Crippen LogP contribution < -0.4 is 5.32 Å². The van der Waals surface area contributed by atoms with Crippen molar-refractivity contribution in [3.05, 3.63) is 35.2 Å². The van der Waals surface area contributed by atoms with Crippen molar-refractivity contribution in [2.45, 2.75) is 38.4 Å². The van der Waals surface area contributed by atoms with Crippen LogP contribution in [0.15, 0.2) is 23.4 Å². The number of methoxy groups -OCH3 is 2. The number of ether oxygens (including phenoxy) is 2. The fourth-order valence-electron chi connectivity index (χ4n) is 2.63. The van der Waals surface area contributed by atoms with Gasteiger partial charge in [0, 0.05) is 18.2 Å². The molecule has 9 nitrogen and oxygen atoms in total. The van der Waals surface area contributed by atoms with Gasteiger partial charge in [-0.3, -0.25) is 4.79 Å². The second-order valence-electron chi connectivity index (χ2n) is 6.36. The van der Waals surface area contributed by atoms with E-state index in [1.807, 2.05) is 25.3 Å². The maximum atomic E-state index is 12.4. The van der Waals surface area contributed by atoms with Gasteiger partial charge in [-0.2, -0.15) is 0 Å². The van der Waals surface area contributed by atoms with Crippen molar-refractivity contribution >= 4 is 35.3 Å². The summed E-state index contributed by atoms with van der Waals surface area (Å²) >= 11 is 1.26. The fourth-order valence-corrected chi connectivity index (χ4v) is 3.44. The summed E-state index contributed by atoms with van der Waals surface area (Å²) in [7, 11) is 2.47. The average Bonchev–Trinajstić information content (AvgIpc) is 3.13. The highest BCUT2D eigenvalue weighted by molar-refractivity contribution is 7.99. The molecule has 2 rings (SSSR count). The smallest absolute Gasteiger partial charge is 0.337 e. The highest BCUT2D eigenvalue weighted by Gasteiger charge is 2.17. The lowest BCUT2D eigenvalue weighted by Crippen LogP contribution is -2.16. The summed E-state index contributed by atoms with van der Waals surface area (Å²) in [6, 6.07) is 4.22. The van der Waals surface area contributed by atoms with E-state index < -0.39 is 11.9 Å². The van der Waals surface area contributed by atoms with Crippen LogP contribution >= 0.6 is 11.8 Å². The lowest BCUT2D eigenvalue weighted by molar-refractivity contribution is -0.113. The Balaban J connectivity index is 2.14. The van der Waals surface area contributed by atoms with E-state index in [-0.39, 0.29) is 28.7 Å². The van der Waals surface area contributed by atoms with E-state index in [0.29, 0.717) is 17.4 Å². The van der Waals surface area contributed by atoms with Crippen LogP contribution in [0.3, 0.4) is 0 Å². The van der Waals surface area contributed by atoms with Crippen LogP contribution in [0.1, 0.15) is 53.2 Å². The molecule has 29 heavy (non-hydrogen) atoms. The van der Waals surface area contributed by atoms with Gasteiger partial charge < -0.3 is 19.4 Å². The van der Waals surface area contributed by atoms with Gasteiger partial charge in [-0.1, -0.05) is 25.6 Å². The van der Waals surface area contributed by atoms with Crippen molar-refractivity contribution in [3.8, 4) is 0 Å². The summed E-state index contributed by atoms with van der Waals surface area (Å²) in [6.07, 6.45) is 0. The Morgan fingerprint density at radius 2 is 1.66 bits per heavy atom. The maximum absolute atomic E-state index is 12.4. The summed E-state index contributed by atoms with van der Waals surface area (Å²) in [6.45, 7) is 6.76. The number of hydrogen-bond donors (Lipinski definition) is 1. The van der Waals surface area contributed by atoms with E-state index in [4.69, 9.17) is 9.47 Å². The highest BCUT2D eigenvalue weighted by atomic mass is 32.2. The summed E-state index contributed by atoms with van der Waals surface area (Å²) < 4.78 is 11.4. The predicted molar refractivity (Wildman–Crippen MR) is 108 cm³/mol. The molecule has 0 radical (unpaired) electrons. The number of esters is 2. The Bertz CT molecular complexity index is 876. The molecule has 156 valence electrons. The van der Waals surface area contributed by atoms with Gasteiger partial charge in [0.15, 0.2) is 5.16 Å². The zero-order valence-electron chi connectivity index (χ0n) is 17.0. The average molecular weight is 420 g/mol. The van der Waals surface area contributed by atoms with E-state index in [0.717, 1.165) is 5.82 Å². The number of thioether (sulfide) groups is 1. The Hall–Kier alpha value is -2.88. The number of anilines is 1. The number of rotatable bonds is 8. The summed E-state index contributed by atoms with van der Waals surface area (Å²) in [4.78, 5) is 36.1. The summed E-state index contributed by atoms with van der Waals surface area (Å²) in [5.41, 5.74) is 0.551. The van der Waals surface area contributed by atoms with Gasteiger partial charge in [-0.25, -0.2) is 9.59 Å². The third kappa shape index (κ3) is 5.57. The van der Waals surface area contributed by atoms with Gasteiger partial charge >= 0.3 is 11.9 Å². The summed E-state index contributed by atoms with van der Waals surface area (Å²) in [5, 5.41) is 11.7. The Kier molecular flexibility index (Phi) is 7.77. The van der Waals surface area contributed by atoms with E-state index in [9.17, 15) is 14.4 Å². The number of aromatic nitrogens is 3. The van der Waals surface area contributed by atoms with Crippen molar-refractivity contribution in [2.24, 2.45) is 0 Å². The zero-order chi connectivity index (χ0) is 21.6. The second-order valence-corrected chi connectivity index (χ2v) is 7.30. The molecule has 0 saturated heterocycles. The molecule has 10 heteroatoms. The first-order valence-corrected chi connectivity index (χ1v) is 9.96. The number of amides is 1. The summed E-state index contributed by atoms with van der Waals surface area (Å²) in [5.74, 6) is -0.389. The molecule has 0 atom stereocenters. The SMILES string of the molecule is CCn1c(SCC(=O)Nc2cc(C(=O)OC)cc(C(=O)OC)c2)nnc1C(C)C. The molecule has 0 spiro atoms. The maximum Gasteiger partial charge on any atom is 0.337 e. The van der Waals surface area contributed by atoms with Crippen LogP contribution in [0.5, 0.6) is 0 Å². The molecule has 1 aromatic carbocycles. The van der Waals surface area contributed by atoms with Crippen molar-refractivity contribution in [1.29, 1.82) is 0 Å². The number of benzene rings is 1. The largest absolute Gasteiger partial charge is 0.465 e. The lowest BCUT2D eigenvalue weighted by Gasteiger charge is -2.10. The molecule has 0 unspecified atom stereocenters. The van der Waals surface area contributed by atoms with Crippen LogP contribution in [0.4, 0.5) is 5.69 Å². The predicted octanol–water partition coefficient (Wildman–Crippen LogP) is 2.73. The zero-order valence-corrected chi connectivity index (χ0v) is 17.8. The standard InChI is InChI=1S/C19H24N4O5S/c1-6-23-16(11(2)3)21-22-19(23)29-10-15(24)20-14-8-12(17(25)27-4)7-13(9-14)18(26)28-5/h7-9,11H,6,10H2,1-5H3,(H,20,24). The molecule has 0 bridgehead atoms. The monoisotopic (exact) mass is 420 g/mol. The Morgan fingerprint density at radius 1 is 1.07 bits per heavy atom. The molecular weight excluding hydrogens is 396 g/mol. The Morgan fingerprint density at radius 3 is 2.14 bits per heavy atom. The first-order valence-electron chi connectivity index (χ1n) is 8.98. The van der Waals surface area contributed by atoms with Crippen LogP contribution in [0.25, 0.3) is 0 Å². The van der Waals surface area contributed by atoms with Crippen LogP contribution in [-0.2, 0) is 20.8 Å². The number of carbonyl (C=O) groups excluding carboxylic acids is 3. The number of hydrogen-bond acceptors (Lipinski definition) is 8. The molecule has 0 fully saturated rings. The topological polar surface area (TPSA) is 112 Å². The number of nitrogens with zero attached hydrogens (tertiary/aromatic N) is 3. The third-order valence-electron chi connectivity index (χ3n) is 3.97. The van der Waals surface area contributed by atoms with Gasteiger partial charge in [-0.05, 0) is 25.1 Å². The third-order valence-corrected chi connectivity index (χ3v) is 4.94. The normalized spacial score (nSPS) is 10.7. The first kappa shape index (κ1) is 22.4. The minimum Gasteiger partial charge on any atom is -0.465 e. The first-order chi connectivity index (χ1) is 13.8. The molecular formula is C19H24N4O5S. The van der Waals surface area contributed by atoms with Gasteiger partial charge in [0.1, 0.15) is 5.82 Å². The quantitative estimate of drug-likeness (QED) is 0.512. The van der Waals surface area contributed by atoms with Crippen LogP contribution in [-0.4, -0.2) is 52.6 Å². The number of nitrogens with one attached hydrogen (secondary N) is 1. The van der Waals surface area contributed by atoms with E-state index >= 15 is 0 Å². The van der Waals surface area contributed by atoms with Gasteiger partial charge in [-0.15, -0.1) is 10.2 Å². The molecule has 1 N–H and O–H groups in total. The molecule has 1 amide bonds. The van der Waals surface area contributed by atoms with Crippen LogP contribution in [0, 0.1) is 0 Å². The van der Waals surface area contributed by atoms with Gasteiger partial charge in [0.25, 0.3) is 0 Å². The highest BCUT2D eigenvalue weighted by Crippen LogP contribution is 2.22. The van der Waals surface area contributed by atoms with Gasteiger partial charge in [0.2, 0.25) is 5.91 Å². The molecule has 2 aromatic rings. The molecule has 0 aliphatic rings. The molecule has 1 heterocycles. The van der Waals surface area contributed by atoms with E-state index in [1.54, 1.807) is 0 Å². The van der Waals surface area contributed by atoms with E-state index in [1.165, 1.54) is 44.2 Å². The molecule has 1 aromatic heterocycles. The molecule has 0 aliphatic carbocycles. The van der Waals surface area contributed by atoms with Crippen molar-refractivity contribution in [1.82, 2.24) is 14.8 Å². The Labute approximate surface area is 173 Å². The molecule has 0 saturated carbocycles. The molecule has 0 aliphatic heterocycles. The minimum absolute atomic E-state index is 0.0895. The van der Waals surface area contributed by atoms with E-state index in [2.05, 4.69) is 15.5 Å². The lowest BCUT2D eigenvalue weighted by atomic mass is 10.1. The number of carbonyl (C=O) groups is 3. The van der Waals surface area contributed by atoms with Crippen LogP contribution in [0.2, 0.25) is 0 Å². The fraction of sp³-hybridized carbons (Fsp3) is 0.421. The minimum atomic E-state index is -0.627.